The summed E-state index contributed by atoms with van der Waals surface area (Å²) in [7, 11) is -1.43. The van der Waals surface area contributed by atoms with Gasteiger partial charge in [0.15, 0.2) is 0 Å². The van der Waals surface area contributed by atoms with E-state index >= 15 is 0 Å². The van der Waals surface area contributed by atoms with Gasteiger partial charge in [0.1, 0.15) is 0 Å². The molecule has 1 aliphatic heterocycles. The van der Waals surface area contributed by atoms with Crippen molar-refractivity contribution in [3.05, 3.63) is 29.8 Å². The van der Waals surface area contributed by atoms with Gasteiger partial charge in [0.2, 0.25) is 10.0 Å². The number of hydrogen-bond acceptors (Lipinski definition) is 4. The predicted octanol–water partition coefficient (Wildman–Crippen LogP) is 0.888. The van der Waals surface area contributed by atoms with Gasteiger partial charge in [-0.05, 0) is 44.1 Å². The normalized spacial score (nSPS) is 19.8. The van der Waals surface area contributed by atoms with Gasteiger partial charge in [-0.2, -0.15) is 0 Å². The molecule has 1 heterocycles. The van der Waals surface area contributed by atoms with Crippen LogP contribution >= 0.6 is 12.2 Å². The fourth-order valence-corrected chi connectivity index (χ4v) is 3.75. The van der Waals surface area contributed by atoms with Crippen LogP contribution in [0.15, 0.2) is 29.2 Å². The smallest absolute Gasteiger partial charge is 0.240 e. The molecule has 1 fully saturated rings. The first-order valence-corrected chi connectivity index (χ1v) is 8.85. The first kappa shape index (κ1) is 16.4. The second-order valence-electron chi connectivity index (χ2n) is 5.42. The fraction of sp³-hybridized carbons (Fsp3) is 0.500. The Hall–Kier alpha value is -1.02. The van der Waals surface area contributed by atoms with E-state index in [1.54, 1.807) is 24.3 Å². The van der Waals surface area contributed by atoms with Crippen molar-refractivity contribution in [3.63, 3.8) is 0 Å². The van der Waals surface area contributed by atoms with Gasteiger partial charge in [0.25, 0.3) is 0 Å². The third-order valence-electron chi connectivity index (χ3n) is 3.79. The summed E-state index contributed by atoms with van der Waals surface area (Å²) >= 11 is 4.84. The van der Waals surface area contributed by atoms with Gasteiger partial charge in [0, 0.05) is 19.0 Å². The lowest BCUT2D eigenvalue weighted by Gasteiger charge is -2.19. The Bertz CT molecular complexity index is 599. The van der Waals surface area contributed by atoms with Crippen LogP contribution in [0.1, 0.15) is 18.4 Å². The maximum atomic E-state index is 12.2. The van der Waals surface area contributed by atoms with Crippen molar-refractivity contribution in [3.8, 4) is 0 Å². The van der Waals surface area contributed by atoms with Crippen molar-refractivity contribution in [1.82, 2.24) is 9.62 Å². The van der Waals surface area contributed by atoms with Gasteiger partial charge in [-0.15, -0.1) is 0 Å². The molecule has 0 aliphatic carbocycles. The molecule has 5 nitrogen and oxygen atoms in total. The molecule has 0 radical (unpaired) electrons. The quantitative estimate of drug-likeness (QED) is 0.759. The Kier molecular flexibility index (Phi) is 5.32. The molecule has 0 bridgehead atoms. The van der Waals surface area contributed by atoms with Crippen LogP contribution in [-0.4, -0.2) is 44.5 Å². The minimum atomic E-state index is -3.46. The molecule has 21 heavy (non-hydrogen) atoms. The van der Waals surface area contributed by atoms with Crippen LogP contribution in [0.3, 0.4) is 0 Å². The van der Waals surface area contributed by atoms with Crippen LogP contribution in [0.25, 0.3) is 0 Å². The van der Waals surface area contributed by atoms with E-state index < -0.39 is 10.0 Å². The van der Waals surface area contributed by atoms with Gasteiger partial charge in [-0.1, -0.05) is 24.4 Å². The molecule has 0 amide bonds. The van der Waals surface area contributed by atoms with Gasteiger partial charge in [-0.25, -0.2) is 13.1 Å². The number of likely N-dealkylation sites (N-methyl/N-ethyl adjacent to an activating group) is 1. The minimum Gasteiger partial charge on any atom is -0.393 e. The summed E-state index contributed by atoms with van der Waals surface area (Å²) in [5, 5.41) is 0. The summed E-state index contributed by atoms with van der Waals surface area (Å²) in [4.78, 5) is 2.86. The lowest BCUT2D eigenvalue weighted by atomic mass is 10.1. The molecular weight excluding hydrogens is 306 g/mol. The van der Waals surface area contributed by atoms with Crippen LogP contribution in [0, 0.1) is 0 Å². The lowest BCUT2D eigenvalue weighted by Crippen LogP contribution is -2.38. The summed E-state index contributed by atoms with van der Waals surface area (Å²) < 4.78 is 27.2. The minimum absolute atomic E-state index is 0.273. The topological polar surface area (TPSA) is 75.4 Å². The van der Waals surface area contributed by atoms with Crippen molar-refractivity contribution < 1.29 is 8.42 Å². The standard InChI is InChI=1S/C14H21N3O2S2/c1-17-8-2-3-12(17)10-16-21(18,19)13-6-4-11(5-7-13)9-14(15)20/h4-7,12,16H,2-3,8-10H2,1H3,(H2,15,20). The molecule has 2 rings (SSSR count). The van der Waals surface area contributed by atoms with Crippen LogP contribution in [0.2, 0.25) is 0 Å². The van der Waals surface area contributed by atoms with Crippen molar-refractivity contribution in [2.75, 3.05) is 20.1 Å². The second-order valence-corrected chi connectivity index (χ2v) is 7.71. The van der Waals surface area contributed by atoms with E-state index in [4.69, 9.17) is 18.0 Å². The SMILES string of the molecule is CN1CCCC1CNS(=O)(=O)c1ccc(CC(N)=S)cc1. The summed E-state index contributed by atoms with van der Waals surface area (Å²) in [6.45, 7) is 1.48. The van der Waals surface area contributed by atoms with Crippen molar-refractivity contribution in [2.45, 2.75) is 30.2 Å². The molecule has 1 atom stereocenters. The van der Waals surface area contributed by atoms with Gasteiger partial charge in [-0.3, -0.25) is 0 Å². The second kappa shape index (κ2) is 6.83. The molecular formula is C14H21N3O2S2. The molecule has 0 spiro atoms. The van der Waals surface area contributed by atoms with Gasteiger partial charge in [0.05, 0.1) is 9.88 Å². The molecule has 1 unspecified atom stereocenters. The molecule has 0 saturated carbocycles. The number of likely N-dealkylation sites (tertiary alicyclic amines) is 1. The number of nitrogens with zero attached hydrogens (tertiary/aromatic N) is 1. The van der Waals surface area contributed by atoms with E-state index in [2.05, 4.69) is 9.62 Å². The molecule has 1 saturated heterocycles. The average molecular weight is 327 g/mol. The van der Waals surface area contributed by atoms with Crippen LogP contribution in [-0.2, 0) is 16.4 Å². The predicted molar refractivity (Wildman–Crippen MR) is 87.8 cm³/mol. The van der Waals surface area contributed by atoms with Crippen molar-refractivity contribution in [1.29, 1.82) is 0 Å². The zero-order chi connectivity index (χ0) is 15.5. The number of hydrogen-bond donors (Lipinski definition) is 2. The molecule has 116 valence electrons. The largest absolute Gasteiger partial charge is 0.393 e. The van der Waals surface area contributed by atoms with Crippen LogP contribution < -0.4 is 10.5 Å². The Labute approximate surface area is 131 Å². The Morgan fingerprint density at radius 1 is 1.43 bits per heavy atom. The average Bonchev–Trinajstić information content (AvgIpc) is 2.82. The summed E-state index contributed by atoms with van der Waals surface area (Å²) in [6.07, 6.45) is 2.64. The molecule has 1 aliphatic rings. The number of sulfonamides is 1. The number of nitrogens with two attached hydrogens (primary N) is 1. The molecule has 1 aromatic rings. The molecule has 7 heteroatoms. The highest BCUT2D eigenvalue weighted by Crippen LogP contribution is 2.15. The number of rotatable bonds is 6. The highest BCUT2D eigenvalue weighted by atomic mass is 32.2. The van der Waals surface area contributed by atoms with Crippen LogP contribution in [0.5, 0.6) is 0 Å². The van der Waals surface area contributed by atoms with E-state index in [1.165, 1.54) is 0 Å². The third-order valence-corrected chi connectivity index (χ3v) is 5.38. The fourth-order valence-electron chi connectivity index (χ4n) is 2.51. The van der Waals surface area contributed by atoms with E-state index in [9.17, 15) is 8.42 Å². The van der Waals surface area contributed by atoms with Crippen molar-refractivity contribution >= 4 is 27.2 Å². The maximum absolute atomic E-state index is 12.2. The molecule has 0 aromatic heterocycles. The van der Waals surface area contributed by atoms with E-state index in [-0.39, 0.29) is 10.9 Å². The van der Waals surface area contributed by atoms with E-state index in [1.807, 2.05) is 7.05 Å². The number of thiocarbonyl (C=S) groups is 1. The summed E-state index contributed by atoms with van der Waals surface area (Å²) in [6, 6.07) is 6.96. The Balaban J connectivity index is 2.00. The van der Waals surface area contributed by atoms with Gasteiger partial charge >= 0.3 is 0 Å². The maximum Gasteiger partial charge on any atom is 0.240 e. The first-order valence-electron chi connectivity index (χ1n) is 6.95. The van der Waals surface area contributed by atoms with E-state index in [0.29, 0.717) is 18.0 Å². The molecule has 1 aromatic carbocycles. The summed E-state index contributed by atoms with van der Waals surface area (Å²) in [5.41, 5.74) is 6.39. The first-order chi connectivity index (χ1) is 9.88. The third kappa shape index (κ3) is 4.47. The lowest BCUT2D eigenvalue weighted by molar-refractivity contribution is 0.311. The van der Waals surface area contributed by atoms with Crippen molar-refractivity contribution in [2.24, 2.45) is 5.73 Å². The zero-order valence-corrected chi connectivity index (χ0v) is 13.7. The van der Waals surface area contributed by atoms with Crippen LogP contribution in [0.4, 0.5) is 0 Å². The number of nitrogens with one attached hydrogen (secondary N) is 1. The van der Waals surface area contributed by atoms with E-state index in [0.717, 1.165) is 24.9 Å². The monoisotopic (exact) mass is 327 g/mol. The highest BCUT2D eigenvalue weighted by Gasteiger charge is 2.23. The highest BCUT2D eigenvalue weighted by molar-refractivity contribution is 7.89. The summed E-state index contributed by atoms with van der Waals surface area (Å²) in [5.74, 6) is 0. The Morgan fingerprint density at radius 3 is 2.62 bits per heavy atom. The zero-order valence-electron chi connectivity index (χ0n) is 12.1. The van der Waals surface area contributed by atoms with Gasteiger partial charge < -0.3 is 10.6 Å². The molecule has 3 N–H and O–H groups in total. The number of benzene rings is 1. The Morgan fingerprint density at radius 2 is 2.10 bits per heavy atom.